The fourth-order valence-electron chi connectivity index (χ4n) is 2.39. The maximum absolute atomic E-state index is 10.4. The van der Waals surface area contributed by atoms with Gasteiger partial charge in [0.25, 0.3) is 0 Å². The summed E-state index contributed by atoms with van der Waals surface area (Å²) in [5, 5.41) is 23.6. The molecule has 3 aromatic rings. The van der Waals surface area contributed by atoms with Crippen LogP contribution in [0.5, 0.6) is 5.75 Å². The lowest BCUT2D eigenvalue weighted by atomic mass is 10.1. The Morgan fingerprint density at radius 3 is 2.44 bits per heavy atom. The van der Waals surface area contributed by atoms with Crippen molar-refractivity contribution in [1.82, 2.24) is 0 Å². The van der Waals surface area contributed by atoms with Crippen LogP contribution >= 0.6 is 35.4 Å². The van der Waals surface area contributed by atoms with Crippen LogP contribution in [-0.4, -0.2) is 10.2 Å². The summed E-state index contributed by atoms with van der Waals surface area (Å²) < 4.78 is 0. The number of azo groups is 1. The van der Waals surface area contributed by atoms with Crippen LogP contribution < -0.4 is 11.1 Å². The van der Waals surface area contributed by atoms with Crippen molar-refractivity contribution in [3.63, 3.8) is 0 Å². The van der Waals surface area contributed by atoms with Gasteiger partial charge >= 0.3 is 0 Å². The first-order valence-corrected chi connectivity index (χ1v) is 8.30. The van der Waals surface area contributed by atoms with Crippen molar-refractivity contribution in [3.8, 4) is 5.75 Å². The number of benzene rings is 3. The lowest BCUT2D eigenvalue weighted by Gasteiger charge is -2.14. The molecule has 8 heteroatoms. The second-order valence-corrected chi connectivity index (χ2v) is 6.39. The summed E-state index contributed by atoms with van der Waals surface area (Å²) in [7, 11) is 0. The standard InChI is InChI=1S/C17H12Cl2N4OS/c18-9-5-6-13(12(19)7-9)21-14-8-15(24)16(22-23-17(20)25)11-4-2-1-3-10(11)14/h1-8,21,24H,(H2,20,25). The van der Waals surface area contributed by atoms with Gasteiger partial charge in [0.2, 0.25) is 5.11 Å². The number of hydrogen-bond donors (Lipinski definition) is 3. The molecule has 0 aliphatic carbocycles. The minimum atomic E-state index is -0.112. The van der Waals surface area contributed by atoms with Gasteiger partial charge in [-0.1, -0.05) is 47.5 Å². The highest BCUT2D eigenvalue weighted by Gasteiger charge is 2.13. The fraction of sp³-hybridized carbons (Fsp3) is 0. The molecule has 0 saturated carbocycles. The Balaban J connectivity index is 2.14. The van der Waals surface area contributed by atoms with Crippen molar-refractivity contribution in [3.05, 3.63) is 58.6 Å². The predicted octanol–water partition coefficient (Wildman–Crippen LogP) is 5.92. The minimum Gasteiger partial charge on any atom is -0.506 e. The van der Waals surface area contributed by atoms with E-state index >= 15 is 0 Å². The van der Waals surface area contributed by atoms with Gasteiger partial charge in [0.05, 0.1) is 16.4 Å². The number of aromatic hydroxyl groups is 1. The van der Waals surface area contributed by atoms with Gasteiger partial charge < -0.3 is 16.2 Å². The largest absolute Gasteiger partial charge is 0.506 e. The van der Waals surface area contributed by atoms with Crippen molar-refractivity contribution in [2.75, 3.05) is 5.32 Å². The van der Waals surface area contributed by atoms with Gasteiger partial charge in [-0.15, -0.1) is 10.2 Å². The van der Waals surface area contributed by atoms with Gasteiger partial charge in [0.15, 0.2) is 0 Å². The molecule has 0 atom stereocenters. The van der Waals surface area contributed by atoms with Gasteiger partial charge in [0, 0.05) is 21.9 Å². The SMILES string of the molecule is NC(=S)N=Nc1c(O)cc(Nc2ccc(Cl)cc2Cl)c2ccccc12. The summed E-state index contributed by atoms with van der Waals surface area (Å²) in [6, 6.07) is 14.1. The molecule has 0 amide bonds. The zero-order valence-corrected chi connectivity index (χ0v) is 15.0. The number of rotatable bonds is 3. The number of hydrogen-bond acceptors (Lipinski definition) is 4. The van der Waals surface area contributed by atoms with Crippen molar-refractivity contribution in [1.29, 1.82) is 0 Å². The molecule has 0 fully saturated rings. The van der Waals surface area contributed by atoms with Crippen molar-refractivity contribution >= 4 is 68.4 Å². The molecule has 0 spiro atoms. The van der Waals surface area contributed by atoms with Crippen LogP contribution in [0.15, 0.2) is 58.8 Å². The molecule has 0 aliphatic rings. The average molecular weight is 391 g/mol. The lowest BCUT2D eigenvalue weighted by molar-refractivity contribution is 0.477. The van der Waals surface area contributed by atoms with Crippen molar-refractivity contribution in [2.24, 2.45) is 16.0 Å². The van der Waals surface area contributed by atoms with Crippen LogP contribution in [0, 0.1) is 0 Å². The maximum Gasteiger partial charge on any atom is 0.211 e. The van der Waals surface area contributed by atoms with Gasteiger partial charge in [-0.05, 0) is 30.4 Å². The molecule has 0 heterocycles. The van der Waals surface area contributed by atoms with Crippen LogP contribution in [-0.2, 0) is 0 Å². The number of anilines is 2. The Bertz CT molecular complexity index is 1010. The number of phenolic OH excluding ortho intramolecular Hbond substituents is 1. The summed E-state index contributed by atoms with van der Waals surface area (Å²) in [6.45, 7) is 0. The van der Waals surface area contributed by atoms with E-state index in [1.807, 2.05) is 24.3 Å². The Kier molecular flexibility index (Phi) is 5.03. The number of halogens is 2. The molecule has 0 aromatic heterocycles. The highest BCUT2D eigenvalue weighted by molar-refractivity contribution is 7.80. The number of nitrogens with two attached hydrogens (primary N) is 1. The Hall–Kier alpha value is -2.41. The van der Waals surface area contributed by atoms with E-state index in [-0.39, 0.29) is 16.5 Å². The van der Waals surface area contributed by atoms with E-state index in [4.69, 9.17) is 41.2 Å². The third-order valence-corrected chi connectivity index (χ3v) is 4.07. The molecular weight excluding hydrogens is 379 g/mol. The van der Waals surface area contributed by atoms with Gasteiger partial charge in [0.1, 0.15) is 11.4 Å². The molecule has 3 aromatic carbocycles. The molecule has 4 N–H and O–H groups in total. The highest BCUT2D eigenvalue weighted by atomic mass is 35.5. The molecule has 126 valence electrons. The molecule has 0 aliphatic heterocycles. The van der Waals surface area contributed by atoms with E-state index in [1.165, 1.54) is 0 Å². The Morgan fingerprint density at radius 1 is 1.04 bits per heavy atom. The van der Waals surface area contributed by atoms with E-state index in [1.54, 1.807) is 24.3 Å². The fourth-order valence-corrected chi connectivity index (χ4v) is 2.89. The molecule has 0 saturated heterocycles. The van der Waals surface area contributed by atoms with Gasteiger partial charge in [-0.25, -0.2) is 0 Å². The number of nitrogens with zero attached hydrogens (tertiary/aromatic N) is 2. The van der Waals surface area contributed by atoms with E-state index < -0.39 is 0 Å². The smallest absolute Gasteiger partial charge is 0.211 e. The lowest BCUT2D eigenvalue weighted by Crippen LogP contribution is -2.01. The molecule has 0 bridgehead atoms. The second-order valence-electron chi connectivity index (χ2n) is 5.12. The Morgan fingerprint density at radius 2 is 1.76 bits per heavy atom. The molecule has 5 nitrogen and oxygen atoms in total. The van der Waals surface area contributed by atoms with Crippen molar-refractivity contribution < 1.29 is 5.11 Å². The predicted molar refractivity (Wildman–Crippen MR) is 107 cm³/mol. The second kappa shape index (κ2) is 7.23. The monoisotopic (exact) mass is 390 g/mol. The maximum atomic E-state index is 10.4. The van der Waals surface area contributed by atoms with Crippen LogP contribution in [0.3, 0.4) is 0 Å². The third-order valence-electron chi connectivity index (χ3n) is 3.45. The van der Waals surface area contributed by atoms with Gasteiger partial charge in [-0.2, -0.15) is 0 Å². The minimum absolute atomic E-state index is 0.0636. The van der Waals surface area contributed by atoms with Crippen LogP contribution in [0.2, 0.25) is 10.0 Å². The van der Waals surface area contributed by atoms with Crippen LogP contribution in [0.4, 0.5) is 17.1 Å². The zero-order chi connectivity index (χ0) is 18.0. The van der Waals surface area contributed by atoms with E-state index in [2.05, 4.69) is 15.5 Å². The summed E-state index contributed by atoms with van der Waals surface area (Å²) in [5.41, 5.74) is 6.95. The normalized spacial score (nSPS) is 11.1. The van der Waals surface area contributed by atoms with E-state index in [0.717, 1.165) is 5.39 Å². The quantitative estimate of drug-likeness (QED) is 0.382. The summed E-state index contributed by atoms with van der Waals surface area (Å²) in [5.74, 6) is -0.0636. The average Bonchev–Trinajstić information content (AvgIpc) is 2.56. The first-order valence-electron chi connectivity index (χ1n) is 7.13. The first kappa shape index (κ1) is 17.4. The summed E-state index contributed by atoms with van der Waals surface area (Å²) in [4.78, 5) is 0. The molecular formula is C17H12Cl2N4OS. The molecule has 3 rings (SSSR count). The first-order chi connectivity index (χ1) is 12.0. The number of thiocarbonyl (C=S) groups is 1. The summed E-state index contributed by atoms with van der Waals surface area (Å²) >= 11 is 16.8. The number of nitrogens with one attached hydrogen (secondary N) is 1. The summed E-state index contributed by atoms with van der Waals surface area (Å²) in [6.07, 6.45) is 0. The van der Waals surface area contributed by atoms with Gasteiger partial charge in [-0.3, -0.25) is 0 Å². The zero-order valence-electron chi connectivity index (χ0n) is 12.7. The van der Waals surface area contributed by atoms with E-state index in [9.17, 15) is 5.11 Å². The van der Waals surface area contributed by atoms with Crippen LogP contribution in [0.25, 0.3) is 10.8 Å². The molecule has 0 unspecified atom stereocenters. The van der Waals surface area contributed by atoms with Crippen LogP contribution in [0.1, 0.15) is 0 Å². The topological polar surface area (TPSA) is 83.0 Å². The molecule has 0 radical (unpaired) electrons. The third kappa shape index (κ3) is 3.82. The molecule has 25 heavy (non-hydrogen) atoms. The van der Waals surface area contributed by atoms with E-state index in [0.29, 0.717) is 26.8 Å². The Labute approximate surface area is 159 Å². The number of phenols is 1. The highest BCUT2D eigenvalue weighted by Crippen LogP contribution is 2.41. The van der Waals surface area contributed by atoms with Crippen molar-refractivity contribution in [2.45, 2.75) is 0 Å². The number of fused-ring (bicyclic) bond motifs is 1.